The second-order valence-electron chi connectivity index (χ2n) is 11.1. The van der Waals surface area contributed by atoms with Gasteiger partial charge in [0, 0.05) is 48.4 Å². The van der Waals surface area contributed by atoms with E-state index in [-0.39, 0.29) is 30.7 Å². The topological polar surface area (TPSA) is 83.2 Å². The Hall–Kier alpha value is -4.81. The van der Waals surface area contributed by atoms with Crippen LogP contribution in [0.15, 0.2) is 66.7 Å². The van der Waals surface area contributed by atoms with E-state index in [0.717, 1.165) is 29.3 Å². The van der Waals surface area contributed by atoms with E-state index in [1.807, 2.05) is 30.3 Å². The smallest absolute Gasteiger partial charge is 0.376 e. The average molecular weight is 575 g/mol. The van der Waals surface area contributed by atoms with E-state index < -0.39 is 5.97 Å². The quantitative estimate of drug-likeness (QED) is 0.180. The third-order valence-corrected chi connectivity index (χ3v) is 8.49. The third kappa shape index (κ3) is 5.66. The Labute approximate surface area is 251 Å². The van der Waals surface area contributed by atoms with Gasteiger partial charge in [-0.05, 0) is 30.4 Å². The van der Waals surface area contributed by atoms with Crippen LogP contribution in [0.2, 0.25) is 0 Å². The predicted octanol–water partition coefficient (Wildman–Crippen LogP) is 4.58. The van der Waals surface area contributed by atoms with E-state index >= 15 is 0 Å². The molecule has 9 heteroatoms. The van der Waals surface area contributed by atoms with Gasteiger partial charge in [0.15, 0.2) is 5.78 Å². The molecule has 0 unspecified atom stereocenters. The predicted molar refractivity (Wildman–Crippen MR) is 167 cm³/mol. The number of esters is 1. The van der Waals surface area contributed by atoms with Crippen LogP contribution in [-0.2, 0) is 17.7 Å². The van der Waals surface area contributed by atoms with Gasteiger partial charge in [-0.25, -0.2) is 21.3 Å². The number of ether oxygens (including phenoxy) is 1. The van der Waals surface area contributed by atoms with Crippen LogP contribution < -0.4 is 9.80 Å². The van der Waals surface area contributed by atoms with E-state index in [1.165, 1.54) is 23.4 Å². The lowest BCUT2D eigenvalue weighted by Gasteiger charge is -2.41. The van der Waals surface area contributed by atoms with Gasteiger partial charge >= 0.3 is 5.97 Å². The standard InChI is InChI=1S/C34H34N6O3/c1-23-9-7-12-25-13-8-14-29(31(23)25)39-16-15-27-28(21-39)36-32(34(42)43-3)37-33(27)40-18-17-38(26(20-40)19-35-2)22-30(41)24-10-5-4-6-11-24/h4-14,26H,15-22H2,1,3H3/t26-/m0/s1. The number of aromatic nitrogens is 2. The molecule has 1 fully saturated rings. The third-order valence-electron chi connectivity index (χ3n) is 8.49. The van der Waals surface area contributed by atoms with Crippen molar-refractivity contribution in [3.05, 3.63) is 106 Å². The molecule has 3 heterocycles. The summed E-state index contributed by atoms with van der Waals surface area (Å²) in [6.07, 6.45) is 0.717. The number of aryl methyl sites for hydroxylation is 1. The van der Waals surface area contributed by atoms with Crippen LogP contribution in [0.1, 0.15) is 37.8 Å². The van der Waals surface area contributed by atoms with Crippen LogP contribution in [0.25, 0.3) is 15.6 Å². The zero-order valence-corrected chi connectivity index (χ0v) is 24.5. The van der Waals surface area contributed by atoms with E-state index in [9.17, 15) is 9.59 Å². The number of nitrogens with zero attached hydrogens (tertiary/aromatic N) is 6. The number of carbonyl (C=O) groups excluding carboxylic acids is 2. The van der Waals surface area contributed by atoms with Crippen LogP contribution in [0.3, 0.4) is 0 Å². The minimum atomic E-state index is -0.577. The number of Topliss-reactive ketones (excluding diaryl/α,β-unsaturated/α-hetero) is 1. The fourth-order valence-corrected chi connectivity index (χ4v) is 6.30. The molecule has 0 aliphatic carbocycles. The van der Waals surface area contributed by atoms with Crippen LogP contribution in [0.5, 0.6) is 0 Å². The monoisotopic (exact) mass is 574 g/mol. The van der Waals surface area contributed by atoms with E-state index in [1.54, 1.807) is 0 Å². The minimum absolute atomic E-state index is 0.0376. The zero-order chi connectivity index (χ0) is 29.9. The average Bonchev–Trinajstić information content (AvgIpc) is 3.04. The molecule has 4 aromatic rings. The summed E-state index contributed by atoms with van der Waals surface area (Å²) < 4.78 is 5.04. The first kappa shape index (κ1) is 28.3. The Kier molecular flexibility index (Phi) is 8.03. The molecule has 218 valence electrons. The van der Waals surface area contributed by atoms with Gasteiger partial charge in [-0.3, -0.25) is 9.69 Å². The van der Waals surface area contributed by atoms with E-state index in [2.05, 4.69) is 62.9 Å². The Balaban J connectivity index is 1.30. The fourth-order valence-electron chi connectivity index (χ4n) is 6.30. The highest BCUT2D eigenvalue weighted by Gasteiger charge is 2.34. The maximum atomic E-state index is 13.0. The van der Waals surface area contributed by atoms with Gasteiger partial charge < -0.3 is 19.4 Å². The molecular formula is C34H34N6O3. The van der Waals surface area contributed by atoms with Gasteiger partial charge in [-0.15, -0.1) is 0 Å². The Morgan fingerprint density at radius 3 is 2.53 bits per heavy atom. The van der Waals surface area contributed by atoms with Crippen LogP contribution >= 0.6 is 0 Å². The highest BCUT2D eigenvalue weighted by molar-refractivity contribution is 5.98. The SMILES string of the molecule is [C-]#[N+]C[C@H]1CN(c2nc(C(=O)OC)nc3c2CCN(c2cccc4cccc(C)c24)C3)CCN1CC(=O)c1ccccc1. The number of hydrogen-bond donors (Lipinski definition) is 0. The van der Waals surface area contributed by atoms with Crippen LogP contribution in [0.4, 0.5) is 11.5 Å². The Morgan fingerprint density at radius 2 is 1.77 bits per heavy atom. The fraction of sp³-hybridized carbons (Fsp3) is 0.324. The molecule has 0 radical (unpaired) electrons. The van der Waals surface area contributed by atoms with Crippen molar-refractivity contribution in [3.8, 4) is 0 Å². The number of ketones is 1. The van der Waals surface area contributed by atoms with Crippen molar-refractivity contribution in [2.24, 2.45) is 0 Å². The second-order valence-corrected chi connectivity index (χ2v) is 11.1. The molecule has 1 atom stereocenters. The molecule has 0 bridgehead atoms. The number of anilines is 2. The number of benzene rings is 3. The van der Waals surface area contributed by atoms with Crippen molar-refractivity contribution in [2.45, 2.75) is 25.9 Å². The van der Waals surface area contributed by atoms with E-state index in [4.69, 9.17) is 21.3 Å². The molecule has 1 aromatic heterocycles. The molecule has 2 aliphatic heterocycles. The highest BCUT2D eigenvalue weighted by atomic mass is 16.5. The molecule has 0 spiro atoms. The highest BCUT2D eigenvalue weighted by Crippen LogP contribution is 2.35. The van der Waals surface area contributed by atoms with E-state index in [0.29, 0.717) is 38.2 Å². The van der Waals surface area contributed by atoms with Gasteiger partial charge in [-0.2, -0.15) is 0 Å². The maximum Gasteiger partial charge on any atom is 0.376 e. The first-order valence-electron chi connectivity index (χ1n) is 14.6. The van der Waals surface area contributed by atoms with Gasteiger partial charge in [0.25, 0.3) is 0 Å². The summed E-state index contributed by atoms with van der Waals surface area (Å²) in [5.41, 5.74) is 4.87. The van der Waals surface area contributed by atoms with Crippen molar-refractivity contribution in [2.75, 3.05) is 56.2 Å². The molecule has 0 amide bonds. The molecule has 0 saturated carbocycles. The van der Waals surface area contributed by atoms with Gasteiger partial charge in [0.1, 0.15) is 11.9 Å². The van der Waals surface area contributed by atoms with Crippen molar-refractivity contribution in [3.63, 3.8) is 0 Å². The van der Waals surface area contributed by atoms with Gasteiger partial charge in [0.05, 0.1) is 25.9 Å². The number of rotatable bonds is 7. The molecule has 2 aliphatic rings. The van der Waals surface area contributed by atoms with Crippen LogP contribution in [-0.4, -0.2) is 79.0 Å². The molecule has 3 aromatic carbocycles. The molecular weight excluding hydrogens is 540 g/mol. The van der Waals surface area contributed by atoms with Crippen molar-refractivity contribution < 1.29 is 14.3 Å². The number of hydrogen-bond acceptors (Lipinski definition) is 8. The summed E-state index contributed by atoms with van der Waals surface area (Å²) in [6, 6.07) is 21.8. The summed E-state index contributed by atoms with van der Waals surface area (Å²) in [7, 11) is 1.34. The largest absolute Gasteiger partial charge is 0.463 e. The molecule has 6 rings (SSSR count). The summed E-state index contributed by atoms with van der Waals surface area (Å²) >= 11 is 0. The molecule has 1 saturated heterocycles. The van der Waals surface area contributed by atoms with Crippen molar-refractivity contribution in [1.29, 1.82) is 0 Å². The second kappa shape index (κ2) is 12.2. The summed E-state index contributed by atoms with van der Waals surface area (Å²) in [5, 5.41) is 2.41. The molecule has 43 heavy (non-hydrogen) atoms. The lowest BCUT2D eigenvalue weighted by atomic mass is 9.99. The maximum absolute atomic E-state index is 13.0. The Morgan fingerprint density at radius 1 is 0.977 bits per heavy atom. The summed E-state index contributed by atoms with van der Waals surface area (Å²) in [5.74, 6) is 0.228. The molecule has 9 nitrogen and oxygen atoms in total. The molecule has 0 N–H and O–H groups in total. The normalized spacial score (nSPS) is 16.9. The van der Waals surface area contributed by atoms with Crippen molar-refractivity contribution in [1.82, 2.24) is 14.9 Å². The van der Waals surface area contributed by atoms with Crippen molar-refractivity contribution >= 4 is 34.0 Å². The van der Waals surface area contributed by atoms with Gasteiger partial charge in [0.2, 0.25) is 12.4 Å². The summed E-state index contributed by atoms with van der Waals surface area (Å²) in [4.78, 5) is 45.4. The minimum Gasteiger partial charge on any atom is -0.463 e. The van der Waals surface area contributed by atoms with Crippen LogP contribution in [0, 0.1) is 13.5 Å². The number of fused-ring (bicyclic) bond motifs is 2. The summed E-state index contributed by atoms with van der Waals surface area (Å²) in [6.45, 7) is 13.3. The Bertz CT molecular complexity index is 1710. The number of methoxy groups -OCH3 is 1. The first-order chi connectivity index (χ1) is 21.0. The lowest BCUT2D eigenvalue weighted by molar-refractivity contribution is 0.0586. The lowest BCUT2D eigenvalue weighted by Crippen LogP contribution is -2.56. The zero-order valence-electron chi connectivity index (χ0n) is 24.5. The van der Waals surface area contributed by atoms with Gasteiger partial charge in [-0.1, -0.05) is 60.7 Å². The first-order valence-corrected chi connectivity index (χ1v) is 14.6. The number of carbonyl (C=O) groups is 2. The number of piperazine rings is 1.